The first-order valence-electron chi connectivity index (χ1n) is 8.84. The van der Waals surface area contributed by atoms with Gasteiger partial charge in [0.15, 0.2) is 0 Å². The Morgan fingerprint density at radius 1 is 1.04 bits per heavy atom. The molecule has 0 fully saturated rings. The van der Waals surface area contributed by atoms with Gasteiger partial charge in [0.1, 0.15) is 0 Å². The first-order valence-corrected chi connectivity index (χ1v) is 9.21. The van der Waals surface area contributed by atoms with Crippen LogP contribution < -0.4 is 10.6 Å². The number of hydrogen-bond acceptors (Lipinski definition) is 3. The number of aryl methyl sites for hydroxylation is 2. The van der Waals surface area contributed by atoms with Gasteiger partial charge < -0.3 is 10.6 Å². The quantitative estimate of drug-likeness (QED) is 0.614. The van der Waals surface area contributed by atoms with E-state index >= 15 is 0 Å². The van der Waals surface area contributed by atoms with Crippen LogP contribution >= 0.6 is 11.6 Å². The van der Waals surface area contributed by atoms with E-state index < -0.39 is 0 Å². The lowest BCUT2D eigenvalue weighted by Crippen LogP contribution is -2.15. The number of halogens is 1. The fourth-order valence-electron chi connectivity index (χ4n) is 2.86. The van der Waals surface area contributed by atoms with Crippen molar-refractivity contribution in [3.8, 4) is 0 Å². The van der Waals surface area contributed by atoms with Crippen LogP contribution in [0.3, 0.4) is 0 Å². The average Bonchev–Trinajstić information content (AvgIpc) is 2.66. The second kappa shape index (κ2) is 8.69. The lowest BCUT2D eigenvalue weighted by molar-refractivity contribution is 0.102. The van der Waals surface area contributed by atoms with E-state index in [0.717, 1.165) is 40.5 Å². The van der Waals surface area contributed by atoms with Crippen molar-refractivity contribution < 1.29 is 4.79 Å². The topological polar surface area (TPSA) is 54.0 Å². The van der Waals surface area contributed by atoms with Gasteiger partial charge in [-0.05, 0) is 55.2 Å². The van der Waals surface area contributed by atoms with Crippen molar-refractivity contribution >= 4 is 28.9 Å². The van der Waals surface area contributed by atoms with Crippen LogP contribution in [0.25, 0.3) is 0 Å². The summed E-state index contributed by atoms with van der Waals surface area (Å²) in [6.45, 7) is 4.70. The van der Waals surface area contributed by atoms with Gasteiger partial charge in [0, 0.05) is 29.6 Å². The van der Waals surface area contributed by atoms with Gasteiger partial charge in [-0.2, -0.15) is 0 Å². The zero-order chi connectivity index (χ0) is 19.2. The number of amides is 1. The number of nitrogens with zero attached hydrogens (tertiary/aromatic N) is 1. The monoisotopic (exact) mass is 379 g/mol. The first-order chi connectivity index (χ1) is 13.0. The molecule has 138 valence electrons. The number of carbonyl (C=O) groups excluding carboxylic acids is 1. The van der Waals surface area contributed by atoms with Crippen LogP contribution in [0.15, 0.2) is 60.9 Å². The van der Waals surface area contributed by atoms with Crippen LogP contribution in [0.5, 0.6) is 0 Å². The minimum Gasteiger partial charge on any atom is -0.383 e. The normalized spacial score (nSPS) is 10.5. The smallest absolute Gasteiger partial charge is 0.257 e. The largest absolute Gasteiger partial charge is 0.383 e. The molecule has 0 bridgehead atoms. The third kappa shape index (κ3) is 5.08. The summed E-state index contributed by atoms with van der Waals surface area (Å²) in [4.78, 5) is 16.8. The van der Waals surface area contributed by atoms with E-state index in [9.17, 15) is 4.79 Å². The highest BCUT2D eigenvalue weighted by Gasteiger charge is 2.10. The van der Waals surface area contributed by atoms with Crippen molar-refractivity contribution in [2.75, 3.05) is 17.2 Å². The molecule has 0 aliphatic carbocycles. The molecule has 0 atom stereocenters. The summed E-state index contributed by atoms with van der Waals surface area (Å²) in [6.07, 6.45) is 4.15. The fourth-order valence-corrected chi connectivity index (χ4v) is 2.99. The minimum absolute atomic E-state index is 0.166. The Bertz CT molecular complexity index is 918. The van der Waals surface area contributed by atoms with Crippen molar-refractivity contribution in [3.05, 3.63) is 88.2 Å². The van der Waals surface area contributed by atoms with Gasteiger partial charge in [0.05, 0.1) is 11.3 Å². The summed E-state index contributed by atoms with van der Waals surface area (Å²) in [7, 11) is 0. The van der Waals surface area contributed by atoms with Gasteiger partial charge in [0.25, 0.3) is 5.91 Å². The number of pyridine rings is 1. The highest BCUT2D eigenvalue weighted by atomic mass is 35.5. The first kappa shape index (κ1) is 18.9. The summed E-state index contributed by atoms with van der Waals surface area (Å²) in [5, 5.41) is 7.04. The van der Waals surface area contributed by atoms with E-state index in [4.69, 9.17) is 11.6 Å². The summed E-state index contributed by atoms with van der Waals surface area (Å²) < 4.78 is 0. The van der Waals surface area contributed by atoms with Crippen LogP contribution in [0.2, 0.25) is 5.02 Å². The maximum atomic E-state index is 12.6. The van der Waals surface area contributed by atoms with Crippen LogP contribution in [0.1, 0.15) is 27.0 Å². The Labute approximate surface area is 164 Å². The Kier molecular flexibility index (Phi) is 6.09. The second-order valence-corrected chi connectivity index (χ2v) is 6.92. The van der Waals surface area contributed by atoms with Gasteiger partial charge in [-0.3, -0.25) is 9.78 Å². The average molecular weight is 380 g/mol. The molecule has 1 heterocycles. The molecule has 3 aromatic rings. The third-order valence-corrected chi connectivity index (χ3v) is 4.63. The Morgan fingerprint density at radius 3 is 2.44 bits per heavy atom. The van der Waals surface area contributed by atoms with E-state index in [1.165, 1.54) is 5.56 Å². The van der Waals surface area contributed by atoms with Gasteiger partial charge in [-0.15, -0.1) is 0 Å². The van der Waals surface area contributed by atoms with E-state index in [-0.39, 0.29) is 5.91 Å². The molecular formula is C22H22ClN3O. The van der Waals surface area contributed by atoms with Crippen molar-refractivity contribution in [3.63, 3.8) is 0 Å². The molecule has 0 unspecified atom stereocenters. The Morgan fingerprint density at radius 2 is 1.74 bits per heavy atom. The maximum absolute atomic E-state index is 12.6. The summed E-state index contributed by atoms with van der Waals surface area (Å²) in [5.41, 5.74) is 5.46. The number of hydrogen-bond donors (Lipinski definition) is 2. The van der Waals surface area contributed by atoms with Crippen LogP contribution in [0.4, 0.5) is 11.4 Å². The van der Waals surface area contributed by atoms with Gasteiger partial charge >= 0.3 is 0 Å². The molecule has 5 heteroatoms. The molecule has 0 saturated carbocycles. The van der Waals surface area contributed by atoms with E-state index in [0.29, 0.717) is 5.56 Å². The Hall–Kier alpha value is -2.85. The summed E-state index contributed by atoms with van der Waals surface area (Å²) in [5.74, 6) is -0.166. The molecule has 2 N–H and O–H groups in total. The molecule has 0 saturated heterocycles. The van der Waals surface area contributed by atoms with Crippen LogP contribution in [0, 0.1) is 13.8 Å². The van der Waals surface area contributed by atoms with E-state index in [1.807, 2.05) is 62.4 Å². The second-order valence-electron chi connectivity index (χ2n) is 6.49. The third-order valence-electron chi connectivity index (χ3n) is 4.38. The minimum atomic E-state index is -0.166. The molecule has 4 nitrogen and oxygen atoms in total. The number of anilines is 2. The Balaban J connectivity index is 1.62. The molecule has 3 rings (SSSR count). The number of benzene rings is 2. The molecule has 27 heavy (non-hydrogen) atoms. The number of rotatable bonds is 6. The lowest BCUT2D eigenvalue weighted by atomic mass is 10.1. The molecule has 0 aliphatic heterocycles. The standard InChI is InChI=1S/C22H22ClN3O/c1-15-4-3-5-16(2)21(15)26-22(27)18-12-20(14-24-13-18)25-11-10-17-6-8-19(23)9-7-17/h3-9,12-14,25H,10-11H2,1-2H3,(H,26,27). The predicted octanol–water partition coefficient (Wildman–Crippen LogP) is 5.26. The molecule has 0 spiro atoms. The van der Waals surface area contributed by atoms with Crippen LogP contribution in [-0.4, -0.2) is 17.4 Å². The highest BCUT2D eigenvalue weighted by Crippen LogP contribution is 2.20. The molecule has 2 aromatic carbocycles. The molecule has 0 aliphatic rings. The number of nitrogens with one attached hydrogen (secondary N) is 2. The summed E-state index contributed by atoms with van der Waals surface area (Å²) >= 11 is 5.90. The lowest BCUT2D eigenvalue weighted by Gasteiger charge is -2.12. The molecule has 1 aromatic heterocycles. The van der Waals surface area contributed by atoms with Crippen molar-refractivity contribution in [1.29, 1.82) is 0 Å². The number of para-hydroxylation sites is 1. The highest BCUT2D eigenvalue weighted by molar-refractivity contribution is 6.30. The van der Waals surface area contributed by atoms with Crippen molar-refractivity contribution in [2.45, 2.75) is 20.3 Å². The van der Waals surface area contributed by atoms with Crippen LogP contribution in [-0.2, 0) is 6.42 Å². The molecular weight excluding hydrogens is 358 g/mol. The van der Waals surface area contributed by atoms with Gasteiger partial charge in [0.2, 0.25) is 0 Å². The van der Waals surface area contributed by atoms with E-state index in [1.54, 1.807) is 12.4 Å². The zero-order valence-corrected chi connectivity index (χ0v) is 16.2. The number of aromatic nitrogens is 1. The summed E-state index contributed by atoms with van der Waals surface area (Å²) in [6, 6.07) is 15.6. The van der Waals surface area contributed by atoms with E-state index in [2.05, 4.69) is 15.6 Å². The van der Waals surface area contributed by atoms with Crippen molar-refractivity contribution in [2.24, 2.45) is 0 Å². The van der Waals surface area contributed by atoms with Gasteiger partial charge in [-0.1, -0.05) is 41.9 Å². The predicted molar refractivity (Wildman–Crippen MR) is 112 cm³/mol. The molecule has 0 radical (unpaired) electrons. The zero-order valence-electron chi connectivity index (χ0n) is 15.4. The molecule has 1 amide bonds. The van der Waals surface area contributed by atoms with Crippen molar-refractivity contribution in [1.82, 2.24) is 4.98 Å². The maximum Gasteiger partial charge on any atom is 0.257 e. The van der Waals surface area contributed by atoms with Gasteiger partial charge in [-0.25, -0.2) is 0 Å². The fraction of sp³-hybridized carbons (Fsp3) is 0.182. The number of carbonyl (C=O) groups is 1. The SMILES string of the molecule is Cc1cccc(C)c1NC(=O)c1cncc(NCCc2ccc(Cl)cc2)c1.